The van der Waals surface area contributed by atoms with Gasteiger partial charge in [-0.2, -0.15) is 5.10 Å². The molecule has 0 saturated carbocycles. The van der Waals surface area contributed by atoms with E-state index in [-0.39, 0.29) is 18.8 Å². The third-order valence-corrected chi connectivity index (χ3v) is 4.14. The van der Waals surface area contributed by atoms with E-state index in [2.05, 4.69) is 5.10 Å². The topological polar surface area (TPSA) is 87.3 Å². The van der Waals surface area contributed by atoms with E-state index in [1.54, 1.807) is 37.3 Å². The molecule has 0 spiro atoms. The SMILES string of the molecule is CCOC(=O)c1cc(-c2ccc(Cl)cc2)nn1Cc1ccc([N+](=O)[O-])cc1. The minimum Gasteiger partial charge on any atom is -0.461 e. The molecule has 0 N–H and O–H groups in total. The molecule has 0 aliphatic rings. The van der Waals surface area contributed by atoms with Crippen molar-refractivity contribution in [2.75, 3.05) is 6.61 Å². The molecule has 0 fully saturated rings. The number of hydrogen-bond acceptors (Lipinski definition) is 5. The van der Waals surface area contributed by atoms with Crippen molar-refractivity contribution >= 4 is 23.3 Å². The lowest BCUT2D eigenvalue weighted by Crippen LogP contribution is -2.14. The number of carbonyl (C=O) groups excluding carboxylic acids is 1. The number of rotatable bonds is 6. The van der Waals surface area contributed by atoms with E-state index >= 15 is 0 Å². The fourth-order valence-corrected chi connectivity index (χ4v) is 2.69. The van der Waals surface area contributed by atoms with Crippen LogP contribution in [0.25, 0.3) is 11.3 Å². The predicted octanol–water partition coefficient (Wildman–Crippen LogP) is 4.34. The van der Waals surface area contributed by atoms with Crippen molar-refractivity contribution in [3.8, 4) is 11.3 Å². The Morgan fingerprint density at radius 1 is 1.19 bits per heavy atom. The Morgan fingerprint density at radius 3 is 2.44 bits per heavy atom. The van der Waals surface area contributed by atoms with E-state index in [9.17, 15) is 14.9 Å². The fraction of sp³-hybridized carbons (Fsp3) is 0.158. The van der Waals surface area contributed by atoms with Gasteiger partial charge in [0.25, 0.3) is 5.69 Å². The van der Waals surface area contributed by atoms with Gasteiger partial charge < -0.3 is 4.74 Å². The molecule has 0 aliphatic heterocycles. The smallest absolute Gasteiger partial charge is 0.356 e. The largest absolute Gasteiger partial charge is 0.461 e. The summed E-state index contributed by atoms with van der Waals surface area (Å²) in [6.07, 6.45) is 0. The Morgan fingerprint density at radius 2 is 1.85 bits per heavy atom. The minimum absolute atomic E-state index is 0.00619. The Hall–Kier alpha value is -3.19. The molecule has 1 aromatic heterocycles. The van der Waals surface area contributed by atoms with Crippen LogP contribution in [0.4, 0.5) is 5.69 Å². The summed E-state index contributed by atoms with van der Waals surface area (Å²) in [5.41, 5.74) is 2.51. The van der Waals surface area contributed by atoms with Gasteiger partial charge in [0, 0.05) is 22.7 Å². The van der Waals surface area contributed by atoms with E-state index in [0.717, 1.165) is 11.1 Å². The Kier molecular flexibility index (Phi) is 5.52. The van der Waals surface area contributed by atoms with Crippen LogP contribution in [-0.4, -0.2) is 27.3 Å². The highest BCUT2D eigenvalue weighted by molar-refractivity contribution is 6.30. The van der Waals surface area contributed by atoms with Crippen LogP contribution in [0.2, 0.25) is 5.02 Å². The number of hydrogen-bond donors (Lipinski definition) is 0. The van der Waals surface area contributed by atoms with E-state index in [1.807, 2.05) is 12.1 Å². The normalized spacial score (nSPS) is 10.6. The van der Waals surface area contributed by atoms with E-state index in [1.165, 1.54) is 16.8 Å². The quantitative estimate of drug-likeness (QED) is 0.358. The zero-order valence-corrected chi connectivity index (χ0v) is 15.2. The first-order chi connectivity index (χ1) is 13.0. The van der Waals surface area contributed by atoms with Gasteiger partial charge in [0.2, 0.25) is 0 Å². The summed E-state index contributed by atoms with van der Waals surface area (Å²) >= 11 is 5.92. The van der Waals surface area contributed by atoms with Crippen molar-refractivity contribution in [2.24, 2.45) is 0 Å². The molecule has 0 aliphatic carbocycles. The van der Waals surface area contributed by atoms with Gasteiger partial charge in [-0.3, -0.25) is 14.8 Å². The number of carbonyl (C=O) groups is 1. The molecule has 3 aromatic rings. The molecule has 0 radical (unpaired) electrons. The maximum absolute atomic E-state index is 12.3. The molecule has 0 amide bonds. The number of esters is 1. The third kappa shape index (κ3) is 4.32. The van der Waals surface area contributed by atoms with E-state index < -0.39 is 10.9 Å². The van der Waals surface area contributed by atoms with Gasteiger partial charge in [0.05, 0.1) is 23.8 Å². The fourth-order valence-electron chi connectivity index (χ4n) is 2.56. The highest BCUT2D eigenvalue weighted by Crippen LogP contribution is 2.23. The molecule has 3 rings (SSSR count). The van der Waals surface area contributed by atoms with Crippen LogP contribution in [-0.2, 0) is 11.3 Å². The number of nitro benzene ring substituents is 1. The lowest BCUT2D eigenvalue weighted by Gasteiger charge is -2.07. The molecule has 8 heteroatoms. The van der Waals surface area contributed by atoms with Crippen LogP contribution in [0.15, 0.2) is 54.6 Å². The molecule has 7 nitrogen and oxygen atoms in total. The summed E-state index contributed by atoms with van der Waals surface area (Å²) < 4.78 is 6.65. The first-order valence-corrected chi connectivity index (χ1v) is 8.60. The number of aromatic nitrogens is 2. The van der Waals surface area contributed by atoms with Crippen LogP contribution >= 0.6 is 11.6 Å². The van der Waals surface area contributed by atoms with Gasteiger partial charge in [-0.05, 0) is 30.7 Å². The molecule has 2 aromatic carbocycles. The van der Waals surface area contributed by atoms with Crippen molar-refractivity contribution in [3.05, 3.63) is 81.0 Å². The second-order valence-corrected chi connectivity index (χ2v) is 6.16. The van der Waals surface area contributed by atoms with Crippen LogP contribution in [0.3, 0.4) is 0 Å². The maximum Gasteiger partial charge on any atom is 0.356 e. The second-order valence-electron chi connectivity index (χ2n) is 5.72. The van der Waals surface area contributed by atoms with Gasteiger partial charge in [-0.15, -0.1) is 0 Å². The zero-order valence-electron chi connectivity index (χ0n) is 14.5. The Balaban J connectivity index is 1.95. The minimum atomic E-state index is -0.480. The van der Waals surface area contributed by atoms with Crippen molar-refractivity contribution in [2.45, 2.75) is 13.5 Å². The molecule has 1 heterocycles. The molecule has 0 bridgehead atoms. The average molecular weight is 386 g/mol. The monoisotopic (exact) mass is 385 g/mol. The lowest BCUT2D eigenvalue weighted by atomic mass is 10.1. The number of benzene rings is 2. The molecule has 0 unspecified atom stereocenters. The zero-order chi connectivity index (χ0) is 19.4. The average Bonchev–Trinajstić information content (AvgIpc) is 3.07. The molecule has 138 valence electrons. The number of nitrogens with zero attached hydrogens (tertiary/aromatic N) is 3. The van der Waals surface area contributed by atoms with Crippen LogP contribution in [0.1, 0.15) is 23.0 Å². The van der Waals surface area contributed by atoms with Gasteiger partial charge in [-0.1, -0.05) is 35.9 Å². The Bertz CT molecular complexity index is 966. The summed E-state index contributed by atoms with van der Waals surface area (Å²) in [7, 11) is 0. The van der Waals surface area contributed by atoms with Crippen molar-refractivity contribution < 1.29 is 14.5 Å². The second kappa shape index (κ2) is 8.01. The van der Waals surface area contributed by atoms with Crippen LogP contribution < -0.4 is 0 Å². The standard InChI is InChI=1S/C19H16ClN3O4/c1-2-27-19(24)18-11-17(14-5-7-15(20)8-6-14)21-22(18)12-13-3-9-16(10-4-13)23(25)26/h3-11H,2,12H2,1H3. The van der Waals surface area contributed by atoms with E-state index in [4.69, 9.17) is 16.3 Å². The van der Waals surface area contributed by atoms with Gasteiger partial charge >= 0.3 is 5.97 Å². The van der Waals surface area contributed by atoms with Gasteiger partial charge in [-0.25, -0.2) is 4.79 Å². The number of halogens is 1. The first kappa shape index (κ1) is 18.6. The Labute approximate surface area is 160 Å². The number of non-ortho nitro benzene ring substituents is 1. The number of ether oxygens (including phenoxy) is 1. The summed E-state index contributed by atoms with van der Waals surface area (Å²) in [6, 6.07) is 14.9. The van der Waals surface area contributed by atoms with Crippen molar-refractivity contribution in [3.63, 3.8) is 0 Å². The van der Waals surface area contributed by atoms with Gasteiger partial charge in [0.15, 0.2) is 0 Å². The molecule has 0 saturated heterocycles. The highest BCUT2D eigenvalue weighted by Gasteiger charge is 2.18. The number of nitro groups is 1. The lowest BCUT2D eigenvalue weighted by molar-refractivity contribution is -0.384. The molecule has 0 atom stereocenters. The maximum atomic E-state index is 12.3. The molecular weight excluding hydrogens is 370 g/mol. The van der Waals surface area contributed by atoms with Gasteiger partial charge in [0.1, 0.15) is 5.69 Å². The van der Waals surface area contributed by atoms with E-state index in [0.29, 0.717) is 16.4 Å². The third-order valence-electron chi connectivity index (χ3n) is 3.88. The van der Waals surface area contributed by atoms with Crippen LogP contribution in [0.5, 0.6) is 0 Å². The highest BCUT2D eigenvalue weighted by atomic mass is 35.5. The van der Waals surface area contributed by atoms with Crippen molar-refractivity contribution in [1.82, 2.24) is 9.78 Å². The summed E-state index contributed by atoms with van der Waals surface area (Å²) in [4.78, 5) is 22.6. The summed E-state index contributed by atoms with van der Waals surface area (Å²) in [6.45, 7) is 2.26. The van der Waals surface area contributed by atoms with Crippen LogP contribution in [0, 0.1) is 10.1 Å². The predicted molar refractivity (Wildman–Crippen MR) is 101 cm³/mol. The summed E-state index contributed by atoms with van der Waals surface area (Å²) in [5, 5.41) is 15.9. The van der Waals surface area contributed by atoms with Crippen molar-refractivity contribution in [1.29, 1.82) is 0 Å². The first-order valence-electron chi connectivity index (χ1n) is 8.22. The summed E-state index contributed by atoms with van der Waals surface area (Å²) in [5.74, 6) is -0.480. The molecule has 27 heavy (non-hydrogen) atoms. The molecular formula is C19H16ClN3O4.